The van der Waals surface area contributed by atoms with Crippen LogP contribution in [0.25, 0.3) is 0 Å². The van der Waals surface area contributed by atoms with E-state index in [0.29, 0.717) is 16.8 Å². The summed E-state index contributed by atoms with van der Waals surface area (Å²) in [6, 6.07) is 12.1. The Bertz CT molecular complexity index is 669. The Hall–Kier alpha value is -2.14. The highest BCUT2D eigenvalue weighted by atomic mass is 79.9. The second-order valence-electron chi connectivity index (χ2n) is 4.09. The van der Waals surface area contributed by atoms with Crippen LogP contribution in [-0.4, -0.2) is 24.3 Å². The molecule has 2 aromatic rings. The number of hydrogen-bond donors (Lipinski definition) is 2. The average Bonchev–Trinajstić information content (AvgIpc) is 2.47. The molecule has 0 atom stereocenters. The van der Waals surface area contributed by atoms with Crippen molar-refractivity contribution in [2.75, 3.05) is 7.05 Å². The van der Waals surface area contributed by atoms with E-state index in [1.54, 1.807) is 55.7 Å². The number of phenols is 1. The number of amides is 1. The van der Waals surface area contributed by atoms with Gasteiger partial charge in [0.2, 0.25) is 0 Å². The Morgan fingerprint density at radius 3 is 2.85 bits per heavy atom. The van der Waals surface area contributed by atoms with Crippen molar-refractivity contribution in [1.29, 1.82) is 0 Å². The van der Waals surface area contributed by atoms with Crippen molar-refractivity contribution in [2.24, 2.45) is 4.99 Å². The van der Waals surface area contributed by atoms with Gasteiger partial charge in [0.15, 0.2) is 0 Å². The van der Waals surface area contributed by atoms with Crippen molar-refractivity contribution in [3.05, 3.63) is 58.1 Å². The molecule has 4 nitrogen and oxygen atoms in total. The van der Waals surface area contributed by atoms with Crippen LogP contribution in [0.4, 0.5) is 5.69 Å². The topological polar surface area (TPSA) is 61.7 Å². The molecule has 0 aromatic heterocycles. The SMILES string of the molecule is CNC(=O)c1cccc(N=Cc2cc(Br)ccc2O)c1. The molecule has 0 aliphatic heterocycles. The minimum atomic E-state index is -0.160. The van der Waals surface area contributed by atoms with E-state index in [2.05, 4.69) is 26.2 Å². The number of aliphatic imine (C=N–C) groups is 1. The van der Waals surface area contributed by atoms with Crippen molar-refractivity contribution < 1.29 is 9.90 Å². The highest BCUT2D eigenvalue weighted by Gasteiger charge is 2.03. The predicted molar refractivity (Wildman–Crippen MR) is 82.9 cm³/mol. The summed E-state index contributed by atoms with van der Waals surface area (Å²) in [5.74, 6) is -0.00763. The van der Waals surface area contributed by atoms with E-state index in [1.165, 1.54) is 0 Å². The van der Waals surface area contributed by atoms with Gasteiger partial charge in [-0.1, -0.05) is 22.0 Å². The van der Waals surface area contributed by atoms with Crippen LogP contribution in [0.2, 0.25) is 0 Å². The first kappa shape index (κ1) is 14.3. The van der Waals surface area contributed by atoms with Gasteiger partial charge in [-0.2, -0.15) is 0 Å². The van der Waals surface area contributed by atoms with Gasteiger partial charge in [-0.25, -0.2) is 0 Å². The number of nitrogens with zero attached hydrogens (tertiary/aromatic N) is 1. The largest absolute Gasteiger partial charge is 0.507 e. The first-order valence-corrected chi connectivity index (χ1v) is 6.74. The van der Waals surface area contributed by atoms with Crippen LogP contribution >= 0.6 is 15.9 Å². The molecule has 0 saturated heterocycles. The fourth-order valence-electron chi connectivity index (χ4n) is 1.64. The molecule has 2 aromatic carbocycles. The molecule has 102 valence electrons. The van der Waals surface area contributed by atoms with Crippen LogP contribution in [0.5, 0.6) is 5.75 Å². The third kappa shape index (κ3) is 3.45. The number of aromatic hydroxyl groups is 1. The molecular weight excluding hydrogens is 320 g/mol. The van der Waals surface area contributed by atoms with Gasteiger partial charge in [-0.3, -0.25) is 9.79 Å². The highest BCUT2D eigenvalue weighted by Crippen LogP contribution is 2.21. The fraction of sp³-hybridized carbons (Fsp3) is 0.0667. The van der Waals surface area contributed by atoms with Gasteiger partial charge >= 0.3 is 0 Å². The van der Waals surface area contributed by atoms with Gasteiger partial charge in [0.05, 0.1) is 5.69 Å². The monoisotopic (exact) mass is 332 g/mol. The van der Waals surface area contributed by atoms with E-state index in [4.69, 9.17) is 0 Å². The summed E-state index contributed by atoms with van der Waals surface area (Å²) in [6.07, 6.45) is 1.56. The van der Waals surface area contributed by atoms with Crippen molar-refractivity contribution in [2.45, 2.75) is 0 Å². The standard InChI is InChI=1S/C15H13BrN2O2/c1-17-15(20)10-3-2-4-13(8-10)18-9-11-7-12(16)5-6-14(11)19/h2-9,19H,1H3,(H,17,20). The molecular formula is C15H13BrN2O2. The van der Waals surface area contributed by atoms with Crippen molar-refractivity contribution in [1.82, 2.24) is 5.32 Å². The summed E-state index contributed by atoms with van der Waals surface area (Å²) in [5, 5.41) is 12.3. The Morgan fingerprint density at radius 1 is 1.30 bits per heavy atom. The molecule has 0 unspecified atom stereocenters. The van der Waals surface area contributed by atoms with Gasteiger partial charge < -0.3 is 10.4 Å². The van der Waals surface area contributed by atoms with Gasteiger partial charge in [-0.15, -0.1) is 0 Å². The maximum Gasteiger partial charge on any atom is 0.251 e. The molecule has 0 aliphatic carbocycles. The normalized spacial score (nSPS) is 10.7. The molecule has 0 fully saturated rings. The summed E-state index contributed by atoms with van der Waals surface area (Å²) >= 11 is 3.34. The zero-order valence-corrected chi connectivity index (χ0v) is 12.4. The van der Waals surface area contributed by atoms with Crippen LogP contribution in [0.3, 0.4) is 0 Å². The molecule has 0 aliphatic rings. The maximum atomic E-state index is 11.5. The van der Waals surface area contributed by atoms with E-state index in [0.717, 1.165) is 4.47 Å². The number of carbonyl (C=O) groups is 1. The minimum Gasteiger partial charge on any atom is -0.507 e. The third-order valence-corrected chi connectivity index (χ3v) is 3.17. The molecule has 2 rings (SSSR count). The zero-order chi connectivity index (χ0) is 14.5. The first-order chi connectivity index (χ1) is 9.60. The number of nitrogens with one attached hydrogen (secondary N) is 1. The smallest absolute Gasteiger partial charge is 0.251 e. The lowest BCUT2D eigenvalue weighted by molar-refractivity contribution is 0.0963. The van der Waals surface area contributed by atoms with E-state index >= 15 is 0 Å². The number of carbonyl (C=O) groups excluding carboxylic acids is 1. The summed E-state index contributed by atoms with van der Waals surface area (Å²) < 4.78 is 0.857. The molecule has 0 radical (unpaired) electrons. The van der Waals surface area contributed by atoms with Crippen molar-refractivity contribution in [3.8, 4) is 5.75 Å². The Labute approximate surface area is 125 Å². The Balaban J connectivity index is 2.27. The van der Waals surface area contributed by atoms with Crippen LogP contribution in [0.15, 0.2) is 51.9 Å². The minimum absolute atomic E-state index is 0.152. The lowest BCUT2D eigenvalue weighted by Gasteiger charge is -2.01. The van der Waals surface area contributed by atoms with Crippen molar-refractivity contribution in [3.63, 3.8) is 0 Å². The van der Waals surface area contributed by atoms with Gasteiger partial charge in [0.1, 0.15) is 5.75 Å². The first-order valence-electron chi connectivity index (χ1n) is 5.95. The fourth-order valence-corrected chi connectivity index (χ4v) is 2.02. The lowest BCUT2D eigenvalue weighted by atomic mass is 10.2. The average molecular weight is 333 g/mol. The van der Waals surface area contributed by atoms with E-state index < -0.39 is 0 Å². The molecule has 1 amide bonds. The van der Waals surface area contributed by atoms with E-state index in [9.17, 15) is 9.90 Å². The second kappa shape index (κ2) is 6.34. The van der Waals surface area contributed by atoms with Gasteiger partial charge in [0.25, 0.3) is 5.91 Å². The van der Waals surface area contributed by atoms with Gasteiger partial charge in [-0.05, 0) is 36.4 Å². The zero-order valence-electron chi connectivity index (χ0n) is 10.8. The Kier molecular flexibility index (Phi) is 4.53. The molecule has 5 heteroatoms. The van der Waals surface area contributed by atoms with Crippen LogP contribution in [0.1, 0.15) is 15.9 Å². The van der Waals surface area contributed by atoms with Crippen molar-refractivity contribution >= 4 is 33.7 Å². The van der Waals surface area contributed by atoms with Gasteiger partial charge in [0, 0.05) is 28.9 Å². The number of rotatable bonds is 3. The van der Waals surface area contributed by atoms with Crippen LogP contribution in [0, 0.1) is 0 Å². The van der Waals surface area contributed by atoms with E-state index in [-0.39, 0.29) is 11.7 Å². The second-order valence-corrected chi connectivity index (χ2v) is 5.01. The molecule has 2 N–H and O–H groups in total. The number of hydrogen-bond acceptors (Lipinski definition) is 3. The molecule has 0 spiro atoms. The predicted octanol–water partition coefficient (Wildman–Crippen LogP) is 3.26. The highest BCUT2D eigenvalue weighted by molar-refractivity contribution is 9.10. The quantitative estimate of drug-likeness (QED) is 0.847. The number of benzene rings is 2. The number of halogens is 1. The molecule has 20 heavy (non-hydrogen) atoms. The summed E-state index contributed by atoms with van der Waals surface area (Å²) in [5.41, 5.74) is 1.79. The summed E-state index contributed by atoms with van der Waals surface area (Å²) in [7, 11) is 1.58. The van der Waals surface area contributed by atoms with Crippen LogP contribution < -0.4 is 5.32 Å². The Morgan fingerprint density at radius 2 is 2.10 bits per heavy atom. The third-order valence-electron chi connectivity index (χ3n) is 2.68. The maximum absolute atomic E-state index is 11.5. The molecule has 0 saturated carbocycles. The van der Waals surface area contributed by atoms with E-state index in [1.807, 2.05) is 0 Å². The number of phenolic OH excluding ortho intramolecular Hbond substituents is 1. The van der Waals surface area contributed by atoms with Crippen LogP contribution in [-0.2, 0) is 0 Å². The summed E-state index contributed by atoms with van der Waals surface area (Å²) in [4.78, 5) is 15.8. The summed E-state index contributed by atoms with van der Waals surface area (Å²) in [6.45, 7) is 0. The lowest BCUT2D eigenvalue weighted by Crippen LogP contribution is -2.17. The molecule has 0 heterocycles. The molecule has 0 bridgehead atoms.